The van der Waals surface area contributed by atoms with Crippen LogP contribution in [0, 0.1) is 0 Å². The highest BCUT2D eigenvalue weighted by Gasteiger charge is 2.39. The highest BCUT2D eigenvalue weighted by atomic mass is 31.2. The van der Waals surface area contributed by atoms with Gasteiger partial charge in [0.2, 0.25) is 0 Å². The van der Waals surface area contributed by atoms with Gasteiger partial charge in [0, 0.05) is 11.3 Å². The minimum absolute atomic E-state index is 0.164. The largest absolute Gasteiger partial charge is 0.330 e. The third kappa shape index (κ3) is 2.44. The molecule has 1 fully saturated rings. The molecular weight excluding hydrogens is 253 g/mol. The molecule has 0 bridgehead atoms. The van der Waals surface area contributed by atoms with Crippen LogP contribution < -0.4 is 5.30 Å². The van der Waals surface area contributed by atoms with Crippen LogP contribution in [0.5, 0.6) is 0 Å². The highest BCUT2D eigenvalue weighted by molar-refractivity contribution is 7.58. The molecule has 0 aromatic heterocycles. The van der Waals surface area contributed by atoms with E-state index >= 15 is 0 Å². The van der Waals surface area contributed by atoms with Crippen LogP contribution in [0.2, 0.25) is 0 Å². The maximum absolute atomic E-state index is 6.35. The normalized spacial score (nSPS) is 27.6. The standard InChI is InChI=1S/C16H18NOP/c1-13-16(14-9-5-3-6-10-14)18-19(17(13)2)15-11-7-4-8-12-15/h3-13,16H,1-2H3/t13-,16-,19+/m1/s1. The zero-order valence-corrected chi connectivity index (χ0v) is 12.1. The summed E-state index contributed by atoms with van der Waals surface area (Å²) in [5, 5.41) is 1.28. The van der Waals surface area contributed by atoms with Crippen molar-refractivity contribution < 1.29 is 4.52 Å². The molecule has 2 aromatic carbocycles. The van der Waals surface area contributed by atoms with Crippen molar-refractivity contribution in [3.8, 4) is 0 Å². The second kappa shape index (κ2) is 5.42. The maximum Gasteiger partial charge on any atom is 0.138 e. The number of nitrogens with zero attached hydrogens (tertiary/aromatic N) is 1. The van der Waals surface area contributed by atoms with Gasteiger partial charge in [0.1, 0.15) is 14.4 Å². The van der Waals surface area contributed by atoms with Gasteiger partial charge >= 0.3 is 0 Å². The van der Waals surface area contributed by atoms with Crippen molar-refractivity contribution in [2.75, 3.05) is 7.05 Å². The number of rotatable bonds is 2. The first-order valence-corrected chi connectivity index (χ1v) is 7.78. The molecule has 0 radical (unpaired) electrons. The third-order valence-corrected chi connectivity index (χ3v) is 5.74. The predicted molar refractivity (Wildman–Crippen MR) is 80.5 cm³/mol. The van der Waals surface area contributed by atoms with Crippen LogP contribution >= 0.6 is 8.30 Å². The van der Waals surface area contributed by atoms with Gasteiger partial charge in [0.25, 0.3) is 0 Å². The zero-order chi connectivity index (χ0) is 13.2. The fraction of sp³-hybridized carbons (Fsp3) is 0.250. The van der Waals surface area contributed by atoms with E-state index in [2.05, 4.69) is 67.2 Å². The lowest BCUT2D eigenvalue weighted by Crippen LogP contribution is -2.24. The van der Waals surface area contributed by atoms with Gasteiger partial charge in [0.05, 0.1) is 0 Å². The summed E-state index contributed by atoms with van der Waals surface area (Å²) in [5.41, 5.74) is 1.27. The number of hydrogen-bond donors (Lipinski definition) is 0. The molecule has 3 atom stereocenters. The van der Waals surface area contributed by atoms with E-state index in [1.807, 2.05) is 12.1 Å². The maximum atomic E-state index is 6.35. The Balaban J connectivity index is 1.88. The summed E-state index contributed by atoms with van der Waals surface area (Å²) in [6.07, 6.45) is 0.164. The van der Waals surface area contributed by atoms with Gasteiger partial charge in [-0.05, 0) is 19.5 Å². The number of benzene rings is 2. The Morgan fingerprint density at radius 2 is 1.53 bits per heavy atom. The topological polar surface area (TPSA) is 12.5 Å². The van der Waals surface area contributed by atoms with Crippen molar-refractivity contribution in [3.05, 3.63) is 66.2 Å². The molecule has 0 unspecified atom stereocenters. The minimum atomic E-state index is -0.670. The van der Waals surface area contributed by atoms with Crippen LogP contribution in [0.4, 0.5) is 0 Å². The smallest absolute Gasteiger partial charge is 0.138 e. The van der Waals surface area contributed by atoms with Gasteiger partial charge in [-0.15, -0.1) is 0 Å². The average molecular weight is 271 g/mol. The van der Waals surface area contributed by atoms with Crippen LogP contribution in [0.1, 0.15) is 18.6 Å². The molecule has 2 aromatic rings. The van der Waals surface area contributed by atoms with Crippen molar-refractivity contribution >= 4 is 13.6 Å². The quantitative estimate of drug-likeness (QED) is 0.772. The molecule has 0 saturated carbocycles. The second-order valence-corrected chi connectivity index (χ2v) is 6.76. The molecule has 1 saturated heterocycles. The van der Waals surface area contributed by atoms with Gasteiger partial charge in [-0.3, -0.25) is 4.67 Å². The Kier molecular flexibility index (Phi) is 3.65. The summed E-state index contributed by atoms with van der Waals surface area (Å²) in [5.74, 6) is 0. The summed E-state index contributed by atoms with van der Waals surface area (Å²) >= 11 is 0. The van der Waals surface area contributed by atoms with Crippen molar-refractivity contribution in [1.82, 2.24) is 4.67 Å². The molecule has 0 N–H and O–H groups in total. The first-order valence-electron chi connectivity index (χ1n) is 6.57. The lowest BCUT2D eigenvalue weighted by atomic mass is 10.0. The van der Waals surface area contributed by atoms with Crippen molar-refractivity contribution in [3.63, 3.8) is 0 Å². The molecule has 0 aliphatic carbocycles. The van der Waals surface area contributed by atoms with Crippen LogP contribution in [-0.2, 0) is 4.52 Å². The van der Waals surface area contributed by atoms with Gasteiger partial charge < -0.3 is 4.52 Å². The van der Waals surface area contributed by atoms with Gasteiger partial charge in [-0.25, -0.2) is 0 Å². The first kappa shape index (κ1) is 12.8. The molecule has 19 heavy (non-hydrogen) atoms. The van der Waals surface area contributed by atoms with Crippen LogP contribution in [0.3, 0.4) is 0 Å². The van der Waals surface area contributed by atoms with E-state index in [0.717, 1.165) is 0 Å². The van der Waals surface area contributed by atoms with E-state index in [1.165, 1.54) is 10.9 Å². The van der Waals surface area contributed by atoms with Crippen LogP contribution in [0.15, 0.2) is 60.7 Å². The Morgan fingerprint density at radius 3 is 2.16 bits per heavy atom. The van der Waals surface area contributed by atoms with E-state index in [9.17, 15) is 0 Å². The fourth-order valence-electron chi connectivity index (χ4n) is 2.41. The predicted octanol–water partition coefficient (Wildman–Crippen LogP) is 3.72. The van der Waals surface area contributed by atoms with E-state index in [4.69, 9.17) is 4.52 Å². The number of likely N-dealkylation sites (N-methyl/N-ethyl adjacent to an activating group) is 1. The minimum Gasteiger partial charge on any atom is -0.330 e. The van der Waals surface area contributed by atoms with Crippen LogP contribution in [-0.4, -0.2) is 17.8 Å². The second-order valence-electron chi connectivity index (χ2n) is 4.86. The van der Waals surface area contributed by atoms with E-state index in [1.54, 1.807) is 0 Å². The monoisotopic (exact) mass is 271 g/mol. The Morgan fingerprint density at radius 1 is 0.947 bits per heavy atom. The molecule has 1 aliphatic heterocycles. The summed E-state index contributed by atoms with van der Waals surface area (Å²) in [7, 11) is 1.49. The lowest BCUT2D eigenvalue weighted by Gasteiger charge is -2.20. The molecule has 3 heteroatoms. The summed E-state index contributed by atoms with van der Waals surface area (Å²) in [4.78, 5) is 0. The molecule has 1 heterocycles. The Labute approximate surface area is 115 Å². The zero-order valence-electron chi connectivity index (χ0n) is 11.2. The Hall–Kier alpha value is -1.21. The van der Waals surface area contributed by atoms with Crippen molar-refractivity contribution in [2.45, 2.75) is 19.1 Å². The van der Waals surface area contributed by atoms with Crippen molar-refractivity contribution in [2.24, 2.45) is 0 Å². The van der Waals surface area contributed by atoms with Gasteiger partial charge in [0.15, 0.2) is 0 Å². The summed E-state index contributed by atoms with van der Waals surface area (Å²) < 4.78 is 8.71. The number of hydrogen-bond acceptors (Lipinski definition) is 2. The van der Waals surface area contributed by atoms with E-state index in [-0.39, 0.29) is 6.10 Å². The molecule has 1 aliphatic rings. The van der Waals surface area contributed by atoms with E-state index < -0.39 is 8.30 Å². The van der Waals surface area contributed by atoms with Crippen molar-refractivity contribution in [1.29, 1.82) is 0 Å². The van der Waals surface area contributed by atoms with Crippen LogP contribution in [0.25, 0.3) is 0 Å². The fourth-order valence-corrected chi connectivity index (χ4v) is 4.44. The SMILES string of the molecule is C[C@@H]1[C@H](c2ccccc2)O[P@@](c2ccccc2)N1C. The third-order valence-electron chi connectivity index (χ3n) is 3.63. The molecule has 98 valence electrons. The Bertz CT molecular complexity index is 481. The lowest BCUT2D eigenvalue weighted by molar-refractivity contribution is 0.218. The molecular formula is C16H18NOP. The molecule has 2 nitrogen and oxygen atoms in total. The highest BCUT2D eigenvalue weighted by Crippen LogP contribution is 2.54. The summed E-state index contributed by atoms with van der Waals surface area (Å²) in [6.45, 7) is 2.24. The summed E-state index contributed by atoms with van der Waals surface area (Å²) in [6, 6.07) is 21.4. The average Bonchev–Trinajstić information content (AvgIpc) is 2.77. The first-order chi connectivity index (χ1) is 9.27. The molecule has 0 amide bonds. The van der Waals surface area contributed by atoms with Gasteiger partial charge in [-0.2, -0.15) is 0 Å². The van der Waals surface area contributed by atoms with E-state index in [0.29, 0.717) is 6.04 Å². The molecule has 3 rings (SSSR count). The molecule has 0 spiro atoms. The van der Waals surface area contributed by atoms with Gasteiger partial charge in [-0.1, -0.05) is 60.7 Å².